The lowest BCUT2D eigenvalue weighted by atomic mass is 10.1. The first-order valence-corrected chi connectivity index (χ1v) is 11.1. The Labute approximate surface area is 181 Å². The summed E-state index contributed by atoms with van der Waals surface area (Å²) >= 11 is 1.44. The van der Waals surface area contributed by atoms with E-state index in [-0.39, 0.29) is 5.91 Å². The maximum Gasteiger partial charge on any atom is 0.237 e. The fourth-order valence-electron chi connectivity index (χ4n) is 3.76. The van der Waals surface area contributed by atoms with Crippen molar-refractivity contribution in [3.05, 3.63) is 54.1 Å². The third-order valence-corrected chi connectivity index (χ3v) is 6.08. The first-order chi connectivity index (χ1) is 14.6. The third kappa shape index (κ3) is 4.07. The largest absolute Gasteiger partial charge is 0.496 e. The molecule has 0 aliphatic carbocycles. The zero-order valence-electron chi connectivity index (χ0n) is 17.5. The second-order valence-corrected chi connectivity index (χ2v) is 8.67. The Hall–Kier alpha value is -2.80. The quantitative estimate of drug-likeness (QED) is 0.532. The lowest BCUT2D eigenvalue weighted by Gasteiger charge is -2.17. The predicted molar refractivity (Wildman–Crippen MR) is 120 cm³/mol. The smallest absolute Gasteiger partial charge is 0.237 e. The van der Waals surface area contributed by atoms with E-state index < -0.39 is 0 Å². The highest BCUT2D eigenvalue weighted by Crippen LogP contribution is 2.32. The summed E-state index contributed by atoms with van der Waals surface area (Å²) in [7, 11) is 1.66. The topological polar surface area (TPSA) is 60.3 Å². The van der Waals surface area contributed by atoms with Crippen LogP contribution >= 0.6 is 11.8 Å². The molecule has 156 valence electrons. The number of rotatable bonds is 7. The van der Waals surface area contributed by atoms with Gasteiger partial charge in [0.25, 0.3) is 0 Å². The summed E-state index contributed by atoms with van der Waals surface area (Å²) < 4.78 is 7.61. The van der Waals surface area contributed by atoms with Crippen LogP contribution in [0.4, 0.5) is 5.69 Å². The summed E-state index contributed by atoms with van der Waals surface area (Å²) in [5.41, 5.74) is 3.17. The maximum absolute atomic E-state index is 12.9. The van der Waals surface area contributed by atoms with Gasteiger partial charge in [0.2, 0.25) is 5.91 Å². The number of anilines is 1. The summed E-state index contributed by atoms with van der Waals surface area (Å²) in [4.78, 5) is 14.8. The Morgan fingerprint density at radius 3 is 2.70 bits per heavy atom. The summed E-state index contributed by atoms with van der Waals surface area (Å²) in [5.74, 6) is 2.37. The van der Waals surface area contributed by atoms with Gasteiger partial charge in [-0.2, -0.15) is 0 Å². The van der Waals surface area contributed by atoms with E-state index in [9.17, 15) is 4.79 Å². The molecule has 7 heteroatoms. The Balaban J connectivity index is 1.56. The number of carbonyl (C=O) groups excluding carboxylic acids is 1. The minimum absolute atomic E-state index is 0.0999. The van der Waals surface area contributed by atoms with Crippen LogP contribution in [-0.2, 0) is 17.8 Å². The SMILES string of the molecule is COc1ccccc1-c1nnc(SCC(=O)N2CCc3ccccc32)n1CC(C)C. The van der Waals surface area contributed by atoms with E-state index in [4.69, 9.17) is 4.74 Å². The van der Waals surface area contributed by atoms with Gasteiger partial charge in [0, 0.05) is 18.8 Å². The molecule has 0 atom stereocenters. The molecule has 0 bridgehead atoms. The number of carbonyl (C=O) groups is 1. The van der Waals surface area contributed by atoms with Crippen LogP contribution in [0.15, 0.2) is 53.7 Å². The average molecular weight is 423 g/mol. The van der Waals surface area contributed by atoms with Gasteiger partial charge in [0.05, 0.1) is 18.4 Å². The second-order valence-electron chi connectivity index (χ2n) is 7.72. The third-order valence-electron chi connectivity index (χ3n) is 5.13. The van der Waals surface area contributed by atoms with E-state index in [0.717, 1.165) is 47.5 Å². The number of methoxy groups -OCH3 is 1. The molecule has 6 nitrogen and oxygen atoms in total. The molecule has 1 amide bonds. The van der Waals surface area contributed by atoms with Crippen molar-refractivity contribution in [3.63, 3.8) is 0 Å². The molecule has 2 aromatic carbocycles. The normalized spacial score (nSPS) is 13.0. The number of hydrogen-bond donors (Lipinski definition) is 0. The number of para-hydroxylation sites is 2. The van der Waals surface area contributed by atoms with Crippen molar-refractivity contribution in [2.45, 2.75) is 32.0 Å². The molecule has 4 rings (SSSR count). The molecule has 1 aliphatic heterocycles. The summed E-state index contributed by atoms with van der Waals surface area (Å²) in [6.07, 6.45) is 0.911. The lowest BCUT2D eigenvalue weighted by molar-refractivity contribution is -0.116. The van der Waals surface area contributed by atoms with Crippen LogP contribution in [0.3, 0.4) is 0 Å². The highest BCUT2D eigenvalue weighted by Gasteiger charge is 2.25. The average Bonchev–Trinajstić information content (AvgIpc) is 3.36. The van der Waals surface area contributed by atoms with Crippen molar-refractivity contribution in [1.29, 1.82) is 0 Å². The van der Waals surface area contributed by atoms with Crippen molar-refractivity contribution in [1.82, 2.24) is 14.8 Å². The molecule has 0 unspecified atom stereocenters. The number of ether oxygens (including phenoxy) is 1. The highest BCUT2D eigenvalue weighted by atomic mass is 32.2. The van der Waals surface area contributed by atoms with E-state index in [0.29, 0.717) is 11.7 Å². The van der Waals surface area contributed by atoms with Crippen molar-refractivity contribution in [3.8, 4) is 17.1 Å². The number of hydrogen-bond acceptors (Lipinski definition) is 5. The van der Waals surface area contributed by atoms with E-state index in [1.54, 1.807) is 7.11 Å². The van der Waals surface area contributed by atoms with Gasteiger partial charge in [0.1, 0.15) is 5.75 Å². The number of thioether (sulfide) groups is 1. The molecule has 0 N–H and O–H groups in total. The van der Waals surface area contributed by atoms with Crippen LogP contribution < -0.4 is 9.64 Å². The van der Waals surface area contributed by atoms with Gasteiger partial charge in [-0.1, -0.05) is 55.9 Å². The Bertz CT molecular complexity index is 1050. The zero-order chi connectivity index (χ0) is 21.1. The molecular weight excluding hydrogens is 396 g/mol. The molecular formula is C23H26N4O2S. The number of nitrogens with zero attached hydrogens (tertiary/aromatic N) is 4. The maximum atomic E-state index is 12.9. The molecule has 0 fully saturated rings. The fourth-order valence-corrected chi connectivity index (χ4v) is 4.58. The Morgan fingerprint density at radius 1 is 1.13 bits per heavy atom. The van der Waals surface area contributed by atoms with E-state index in [1.807, 2.05) is 47.4 Å². The first kappa shape index (κ1) is 20.5. The number of aromatic nitrogens is 3. The van der Waals surface area contributed by atoms with Gasteiger partial charge in [-0.25, -0.2) is 0 Å². The molecule has 3 aromatic rings. The molecule has 0 spiro atoms. The minimum Gasteiger partial charge on any atom is -0.496 e. The van der Waals surface area contributed by atoms with Gasteiger partial charge < -0.3 is 14.2 Å². The van der Waals surface area contributed by atoms with Crippen LogP contribution in [0, 0.1) is 5.92 Å². The van der Waals surface area contributed by atoms with E-state index >= 15 is 0 Å². The van der Waals surface area contributed by atoms with Crippen LogP contribution in [0.25, 0.3) is 11.4 Å². The Morgan fingerprint density at radius 2 is 1.90 bits per heavy atom. The molecule has 0 radical (unpaired) electrons. The van der Waals surface area contributed by atoms with E-state index in [1.165, 1.54) is 17.3 Å². The van der Waals surface area contributed by atoms with Gasteiger partial charge in [0.15, 0.2) is 11.0 Å². The highest BCUT2D eigenvalue weighted by molar-refractivity contribution is 7.99. The molecule has 1 aromatic heterocycles. The predicted octanol–water partition coefficient (Wildman–Crippen LogP) is 4.29. The van der Waals surface area contributed by atoms with Gasteiger partial charge in [-0.05, 0) is 36.1 Å². The fraction of sp³-hybridized carbons (Fsp3) is 0.348. The second kappa shape index (κ2) is 8.92. The summed E-state index contributed by atoms with van der Waals surface area (Å²) in [6.45, 7) is 5.83. The standard InChI is InChI=1S/C23H26N4O2S/c1-16(2)14-27-22(18-9-5-7-11-20(18)29-3)24-25-23(27)30-15-21(28)26-13-12-17-8-4-6-10-19(17)26/h4-11,16H,12-15H2,1-3H3. The lowest BCUT2D eigenvalue weighted by Crippen LogP contribution is -2.30. The van der Waals surface area contributed by atoms with Crippen molar-refractivity contribution in [2.24, 2.45) is 5.92 Å². The number of amides is 1. The van der Waals surface area contributed by atoms with Crippen LogP contribution in [-0.4, -0.2) is 40.1 Å². The van der Waals surface area contributed by atoms with Gasteiger partial charge in [-0.3, -0.25) is 4.79 Å². The molecule has 0 saturated carbocycles. The van der Waals surface area contributed by atoms with Gasteiger partial charge in [-0.15, -0.1) is 10.2 Å². The first-order valence-electron chi connectivity index (χ1n) is 10.2. The van der Waals surface area contributed by atoms with Crippen molar-refractivity contribution < 1.29 is 9.53 Å². The summed E-state index contributed by atoms with van der Waals surface area (Å²) in [6, 6.07) is 15.9. The molecule has 30 heavy (non-hydrogen) atoms. The van der Waals surface area contributed by atoms with Crippen LogP contribution in [0.1, 0.15) is 19.4 Å². The molecule has 2 heterocycles. The summed E-state index contributed by atoms with van der Waals surface area (Å²) in [5, 5.41) is 9.62. The molecule has 1 aliphatic rings. The zero-order valence-corrected chi connectivity index (χ0v) is 18.4. The van der Waals surface area contributed by atoms with Crippen LogP contribution in [0.5, 0.6) is 5.75 Å². The van der Waals surface area contributed by atoms with E-state index in [2.05, 4.69) is 34.7 Å². The van der Waals surface area contributed by atoms with Crippen LogP contribution in [0.2, 0.25) is 0 Å². The number of fused-ring (bicyclic) bond motifs is 1. The monoisotopic (exact) mass is 422 g/mol. The van der Waals surface area contributed by atoms with Crippen molar-refractivity contribution in [2.75, 3.05) is 24.3 Å². The van der Waals surface area contributed by atoms with Gasteiger partial charge >= 0.3 is 0 Å². The molecule has 0 saturated heterocycles. The minimum atomic E-state index is 0.0999. The van der Waals surface area contributed by atoms with Crippen molar-refractivity contribution >= 4 is 23.4 Å². The number of benzene rings is 2. The Kier molecular flexibility index (Phi) is 6.08.